The Morgan fingerprint density at radius 2 is 1.70 bits per heavy atom. The number of hydrazone groups is 1. The Labute approximate surface area is 165 Å². The minimum absolute atomic E-state index is 0.577. The largest absolute Gasteiger partial charge is 0.329 e. The molecule has 27 heavy (non-hydrogen) atoms. The van der Waals surface area contributed by atoms with E-state index in [2.05, 4.69) is 31.8 Å². The second-order valence-electron chi connectivity index (χ2n) is 6.08. The molecule has 0 aliphatic heterocycles. The molecule has 0 fully saturated rings. The average molecular weight is 424 g/mol. The first-order valence-corrected chi connectivity index (χ1v) is 9.15. The zero-order valence-electron chi connectivity index (χ0n) is 14.9. The van der Waals surface area contributed by atoms with Crippen LogP contribution in [-0.4, -0.2) is 17.5 Å². The SMILES string of the molecule is C/C(=N\NC(=O)C(=O)Nc1ccc(Br)cc1C)c1cccc2ccccc12. The van der Waals surface area contributed by atoms with Gasteiger partial charge in [0, 0.05) is 15.7 Å². The summed E-state index contributed by atoms with van der Waals surface area (Å²) in [5.41, 5.74) is 5.27. The lowest BCUT2D eigenvalue weighted by Gasteiger charge is -2.09. The number of rotatable bonds is 3. The fourth-order valence-corrected chi connectivity index (χ4v) is 3.21. The Balaban J connectivity index is 1.72. The molecule has 0 unspecified atom stereocenters. The maximum Gasteiger partial charge on any atom is 0.329 e. The summed E-state index contributed by atoms with van der Waals surface area (Å²) >= 11 is 3.36. The quantitative estimate of drug-likeness (QED) is 0.372. The van der Waals surface area contributed by atoms with E-state index in [1.165, 1.54) is 0 Å². The molecule has 3 aromatic carbocycles. The molecule has 0 heterocycles. The number of benzene rings is 3. The van der Waals surface area contributed by atoms with Crippen LogP contribution in [-0.2, 0) is 9.59 Å². The highest BCUT2D eigenvalue weighted by Gasteiger charge is 2.14. The molecule has 0 aliphatic rings. The van der Waals surface area contributed by atoms with Crippen molar-refractivity contribution < 1.29 is 9.59 Å². The number of carbonyl (C=O) groups is 2. The maximum atomic E-state index is 12.1. The highest BCUT2D eigenvalue weighted by molar-refractivity contribution is 9.10. The van der Waals surface area contributed by atoms with E-state index < -0.39 is 11.8 Å². The van der Waals surface area contributed by atoms with Crippen LogP contribution in [0.4, 0.5) is 5.69 Å². The number of nitrogens with zero attached hydrogens (tertiary/aromatic N) is 1. The molecule has 0 bridgehead atoms. The molecule has 0 aromatic heterocycles. The number of carbonyl (C=O) groups excluding carboxylic acids is 2. The van der Waals surface area contributed by atoms with Gasteiger partial charge in [0.1, 0.15) is 0 Å². The summed E-state index contributed by atoms with van der Waals surface area (Å²) in [4.78, 5) is 24.2. The lowest BCUT2D eigenvalue weighted by atomic mass is 10.0. The molecule has 0 saturated heterocycles. The highest BCUT2D eigenvalue weighted by Crippen LogP contribution is 2.20. The number of nitrogens with one attached hydrogen (secondary N) is 2. The van der Waals surface area contributed by atoms with E-state index in [-0.39, 0.29) is 0 Å². The number of amides is 2. The molecule has 2 amide bonds. The molecule has 0 atom stereocenters. The van der Waals surface area contributed by atoms with Gasteiger partial charge >= 0.3 is 11.8 Å². The van der Waals surface area contributed by atoms with E-state index in [0.29, 0.717) is 11.4 Å². The summed E-state index contributed by atoms with van der Waals surface area (Å²) in [5, 5.41) is 8.80. The van der Waals surface area contributed by atoms with Gasteiger partial charge < -0.3 is 5.32 Å². The standard InChI is InChI=1S/C21H18BrN3O2/c1-13-12-16(22)10-11-19(13)23-20(26)21(27)25-24-14(2)17-9-5-7-15-6-3-4-8-18(15)17/h3-12H,1-2H3,(H,23,26)(H,25,27)/b24-14+. The van der Waals surface area contributed by atoms with E-state index in [4.69, 9.17) is 0 Å². The molecule has 5 nitrogen and oxygen atoms in total. The van der Waals surface area contributed by atoms with Gasteiger partial charge in [0.25, 0.3) is 0 Å². The normalized spacial score (nSPS) is 11.3. The summed E-state index contributed by atoms with van der Waals surface area (Å²) in [6, 6.07) is 19.2. The Kier molecular flexibility index (Phi) is 5.66. The molecule has 0 spiro atoms. The third-order valence-electron chi connectivity index (χ3n) is 4.15. The first-order valence-electron chi connectivity index (χ1n) is 8.35. The molecule has 6 heteroatoms. The van der Waals surface area contributed by atoms with Crippen molar-refractivity contribution in [3.8, 4) is 0 Å². The van der Waals surface area contributed by atoms with Gasteiger partial charge in [-0.05, 0) is 48.4 Å². The van der Waals surface area contributed by atoms with E-state index >= 15 is 0 Å². The van der Waals surface area contributed by atoms with Gasteiger partial charge in [-0.3, -0.25) is 9.59 Å². The maximum absolute atomic E-state index is 12.1. The van der Waals surface area contributed by atoms with Crippen LogP contribution in [0.1, 0.15) is 18.1 Å². The molecular weight excluding hydrogens is 406 g/mol. The number of halogens is 1. The lowest BCUT2D eigenvalue weighted by molar-refractivity contribution is -0.136. The van der Waals surface area contributed by atoms with Gasteiger partial charge in [0.2, 0.25) is 0 Å². The number of aryl methyl sites for hydroxylation is 1. The van der Waals surface area contributed by atoms with Gasteiger partial charge in [0.05, 0.1) is 5.71 Å². The molecule has 3 rings (SSSR count). The monoisotopic (exact) mass is 423 g/mol. The van der Waals surface area contributed by atoms with Crippen molar-refractivity contribution in [2.24, 2.45) is 5.10 Å². The van der Waals surface area contributed by atoms with Crippen molar-refractivity contribution in [2.75, 3.05) is 5.32 Å². The van der Waals surface area contributed by atoms with Gasteiger partial charge in [-0.25, -0.2) is 5.43 Å². The van der Waals surface area contributed by atoms with E-state index in [1.54, 1.807) is 19.1 Å². The summed E-state index contributed by atoms with van der Waals surface area (Å²) in [5.74, 6) is -1.59. The molecule has 3 aromatic rings. The number of hydrogen-bond acceptors (Lipinski definition) is 3. The molecule has 0 saturated carbocycles. The Hall–Kier alpha value is -2.99. The first-order chi connectivity index (χ1) is 13.0. The summed E-state index contributed by atoms with van der Waals surface area (Å²) in [6.45, 7) is 3.64. The van der Waals surface area contributed by atoms with Gasteiger partial charge in [0.15, 0.2) is 0 Å². The summed E-state index contributed by atoms with van der Waals surface area (Å²) in [6.07, 6.45) is 0. The van der Waals surface area contributed by atoms with Crippen molar-refractivity contribution in [3.63, 3.8) is 0 Å². The predicted molar refractivity (Wildman–Crippen MR) is 112 cm³/mol. The minimum atomic E-state index is -0.822. The van der Waals surface area contributed by atoms with E-state index in [0.717, 1.165) is 26.4 Å². The number of anilines is 1. The second-order valence-corrected chi connectivity index (χ2v) is 6.99. The van der Waals surface area contributed by atoms with E-state index in [1.807, 2.05) is 55.5 Å². The molecule has 0 radical (unpaired) electrons. The van der Waals surface area contributed by atoms with Crippen LogP contribution in [0.5, 0.6) is 0 Å². The Bertz CT molecular complexity index is 1050. The van der Waals surface area contributed by atoms with Gasteiger partial charge in [-0.2, -0.15) is 5.10 Å². The summed E-state index contributed by atoms with van der Waals surface area (Å²) < 4.78 is 0.901. The Morgan fingerprint density at radius 3 is 2.48 bits per heavy atom. The third-order valence-corrected chi connectivity index (χ3v) is 4.64. The van der Waals surface area contributed by atoms with Crippen LogP contribution in [0.3, 0.4) is 0 Å². The van der Waals surface area contributed by atoms with Crippen molar-refractivity contribution in [3.05, 3.63) is 76.3 Å². The van der Waals surface area contributed by atoms with Crippen molar-refractivity contribution in [1.29, 1.82) is 0 Å². The van der Waals surface area contributed by atoms with E-state index in [9.17, 15) is 9.59 Å². The van der Waals surface area contributed by atoms with Gasteiger partial charge in [-0.15, -0.1) is 0 Å². The number of fused-ring (bicyclic) bond motifs is 1. The van der Waals surface area contributed by atoms with Crippen molar-refractivity contribution >= 4 is 49.9 Å². The smallest absolute Gasteiger partial charge is 0.317 e. The highest BCUT2D eigenvalue weighted by atomic mass is 79.9. The van der Waals surface area contributed by atoms with Crippen LogP contribution in [0, 0.1) is 6.92 Å². The minimum Gasteiger partial charge on any atom is -0.317 e. The Morgan fingerprint density at radius 1 is 0.963 bits per heavy atom. The fraction of sp³-hybridized carbons (Fsp3) is 0.0952. The lowest BCUT2D eigenvalue weighted by Crippen LogP contribution is -2.33. The summed E-state index contributed by atoms with van der Waals surface area (Å²) in [7, 11) is 0. The van der Waals surface area contributed by atoms with Gasteiger partial charge in [-0.1, -0.05) is 58.4 Å². The van der Waals surface area contributed by atoms with Crippen molar-refractivity contribution in [1.82, 2.24) is 5.43 Å². The molecule has 2 N–H and O–H groups in total. The molecular formula is C21H18BrN3O2. The topological polar surface area (TPSA) is 70.6 Å². The second kappa shape index (κ2) is 8.14. The number of hydrogen-bond donors (Lipinski definition) is 2. The van der Waals surface area contributed by atoms with Crippen LogP contribution in [0.15, 0.2) is 70.2 Å². The predicted octanol–water partition coefficient (Wildman–Crippen LogP) is 4.39. The van der Waals surface area contributed by atoms with Crippen molar-refractivity contribution in [2.45, 2.75) is 13.8 Å². The zero-order valence-corrected chi connectivity index (χ0v) is 16.5. The fourth-order valence-electron chi connectivity index (χ4n) is 2.73. The zero-order chi connectivity index (χ0) is 19.4. The molecule has 136 valence electrons. The van der Waals surface area contributed by atoms with Crippen LogP contribution in [0.2, 0.25) is 0 Å². The first kappa shape index (κ1) is 18.8. The average Bonchev–Trinajstić information content (AvgIpc) is 2.67. The van der Waals surface area contributed by atoms with Crippen LogP contribution in [0.25, 0.3) is 10.8 Å². The van der Waals surface area contributed by atoms with Crippen LogP contribution < -0.4 is 10.7 Å². The molecule has 0 aliphatic carbocycles. The third kappa shape index (κ3) is 4.41. The van der Waals surface area contributed by atoms with Crippen LogP contribution >= 0.6 is 15.9 Å².